The number of Topliss-reactive ketones (excluding diaryl/α,β-unsaturated/α-hetero) is 1. The van der Waals surface area contributed by atoms with Crippen molar-refractivity contribution in [3.63, 3.8) is 0 Å². The Bertz CT molecular complexity index is 220. The zero-order valence-corrected chi connectivity index (χ0v) is 9.90. The Hall–Kier alpha value is -0.230. The van der Waals surface area contributed by atoms with Crippen molar-refractivity contribution in [2.24, 2.45) is 0 Å². The first-order chi connectivity index (χ1) is 6.71. The lowest BCUT2D eigenvalue weighted by atomic mass is 10.1. The van der Waals surface area contributed by atoms with E-state index in [2.05, 4.69) is 12.6 Å². The number of hydrogen-bond acceptors (Lipinski definition) is 3. The minimum atomic E-state index is -4.32. The maximum atomic E-state index is 12.6. The van der Waals surface area contributed by atoms with E-state index in [9.17, 15) is 18.0 Å². The molecule has 0 bridgehead atoms. The van der Waals surface area contributed by atoms with E-state index in [-0.39, 0.29) is 18.0 Å². The lowest BCUT2D eigenvalue weighted by molar-refractivity contribution is -0.185. The van der Waals surface area contributed by atoms with Gasteiger partial charge in [-0.05, 0) is 33.1 Å². The summed E-state index contributed by atoms with van der Waals surface area (Å²) in [6.07, 6.45) is -4.43. The van der Waals surface area contributed by atoms with Crippen LogP contribution in [-0.4, -0.2) is 41.7 Å². The fraction of sp³-hybridized carbons (Fsp3) is 0.889. The van der Waals surface area contributed by atoms with E-state index in [1.807, 2.05) is 0 Å². The molecule has 2 atom stereocenters. The molecule has 0 saturated heterocycles. The van der Waals surface area contributed by atoms with Crippen LogP contribution in [0.2, 0.25) is 0 Å². The van der Waals surface area contributed by atoms with Crippen LogP contribution in [0.4, 0.5) is 13.2 Å². The number of thiol groups is 1. The molecule has 0 aromatic heterocycles. The molecule has 0 N–H and O–H groups in total. The van der Waals surface area contributed by atoms with Gasteiger partial charge in [-0.25, -0.2) is 0 Å². The fourth-order valence-corrected chi connectivity index (χ4v) is 1.52. The van der Waals surface area contributed by atoms with Gasteiger partial charge in [0.2, 0.25) is 0 Å². The van der Waals surface area contributed by atoms with E-state index in [0.29, 0.717) is 0 Å². The van der Waals surface area contributed by atoms with Crippen LogP contribution in [0.15, 0.2) is 0 Å². The summed E-state index contributed by atoms with van der Waals surface area (Å²) in [6.45, 7) is 2.76. The molecule has 0 fully saturated rings. The van der Waals surface area contributed by atoms with Gasteiger partial charge in [0.05, 0.1) is 6.04 Å². The molecule has 0 aliphatic carbocycles. The number of likely N-dealkylation sites (N-methyl/N-ethyl adjacent to an activating group) is 1. The molecule has 1 unspecified atom stereocenters. The second-order valence-electron chi connectivity index (χ2n) is 3.52. The van der Waals surface area contributed by atoms with Crippen molar-refractivity contribution < 1.29 is 18.0 Å². The lowest BCUT2D eigenvalue weighted by Crippen LogP contribution is -2.49. The Morgan fingerprint density at radius 2 is 1.93 bits per heavy atom. The Morgan fingerprint density at radius 3 is 2.20 bits per heavy atom. The second-order valence-corrected chi connectivity index (χ2v) is 3.97. The SMILES string of the molecule is CC(=O)[C@H](C)N(C)C(CCS)C(F)(F)F. The lowest BCUT2D eigenvalue weighted by Gasteiger charge is -2.32. The third kappa shape index (κ3) is 4.42. The average Bonchev–Trinajstić information content (AvgIpc) is 2.09. The average molecular weight is 243 g/mol. The molecule has 2 nitrogen and oxygen atoms in total. The first kappa shape index (κ1) is 14.8. The molecule has 0 heterocycles. The Labute approximate surface area is 93.2 Å². The molecular formula is C9H16F3NOS. The molecule has 0 aromatic carbocycles. The van der Waals surface area contributed by atoms with Gasteiger partial charge in [0.1, 0.15) is 11.8 Å². The number of carbonyl (C=O) groups excluding carboxylic acids is 1. The van der Waals surface area contributed by atoms with Crippen molar-refractivity contribution in [2.75, 3.05) is 12.8 Å². The molecule has 90 valence electrons. The Balaban J connectivity index is 4.69. The third-order valence-corrected chi connectivity index (χ3v) is 2.73. The summed E-state index contributed by atoms with van der Waals surface area (Å²) in [5.41, 5.74) is 0. The molecule has 0 rings (SSSR count). The van der Waals surface area contributed by atoms with Gasteiger partial charge in [0.25, 0.3) is 0 Å². The zero-order chi connectivity index (χ0) is 12.2. The largest absolute Gasteiger partial charge is 0.404 e. The minimum absolute atomic E-state index is 0.110. The smallest absolute Gasteiger partial charge is 0.298 e. The summed E-state index contributed by atoms with van der Waals surface area (Å²) < 4.78 is 37.8. The first-order valence-corrected chi connectivity index (χ1v) is 5.25. The fourth-order valence-electron chi connectivity index (χ4n) is 1.28. The third-order valence-electron chi connectivity index (χ3n) is 2.47. The molecule has 15 heavy (non-hydrogen) atoms. The van der Waals surface area contributed by atoms with Gasteiger partial charge in [0.15, 0.2) is 0 Å². The van der Waals surface area contributed by atoms with Crippen LogP contribution in [0.3, 0.4) is 0 Å². The van der Waals surface area contributed by atoms with Crippen LogP contribution >= 0.6 is 12.6 Å². The van der Waals surface area contributed by atoms with E-state index in [1.54, 1.807) is 0 Å². The summed E-state index contributed by atoms with van der Waals surface area (Å²) in [6, 6.07) is -2.33. The molecular weight excluding hydrogens is 227 g/mol. The summed E-state index contributed by atoms with van der Waals surface area (Å²) in [4.78, 5) is 12.0. The molecule has 0 saturated carbocycles. The zero-order valence-electron chi connectivity index (χ0n) is 9.01. The number of nitrogens with zero attached hydrogens (tertiary/aromatic N) is 1. The van der Waals surface area contributed by atoms with Crippen molar-refractivity contribution in [1.82, 2.24) is 4.90 Å². The maximum absolute atomic E-state index is 12.6. The summed E-state index contributed by atoms with van der Waals surface area (Å²) >= 11 is 3.79. The number of hydrogen-bond donors (Lipinski definition) is 1. The highest BCUT2D eigenvalue weighted by Gasteiger charge is 2.43. The Morgan fingerprint density at radius 1 is 1.47 bits per heavy atom. The van der Waals surface area contributed by atoms with Crippen molar-refractivity contribution in [3.8, 4) is 0 Å². The van der Waals surface area contributed by atoms with Crippen LogP contribution in [-0.2, 0) is 4.79 Å². The van der Waals surface area contributed by atoms with Crippen molar-refractivity contribution in [1.29, 1.82) is 0 Å². The van der Waals surface area contributed by atoms with Crippen LogP contribution in [0.1, 0.15) is 20.3 Å². The van der Waals surface area contributed by atoms with E-state index in [1.165, 1.54) is 20.9 Å². The minimum Gasteiger partial charge on any atom is -0.298 e. The highest BCUT2D eigenvalue weighted by Crippen LogP contribution is 2.28. The Kier molecular flexibility index (Phi) is 5.66. The van der Waals surface area contributed by atoms with Crippen LogP contribution in [0.5, 0.6) is 0 Å². The standard InChI is InChI=1S/C9H16F3NOS/c1-6(7(2)14)13(3)8(4-5-15)9(10,11)12/h6,8,15H,4-5H2,1-3H3/t6-,8?/m0/s1. The van der Waals surface area contributed by atoms with Crippen molar-refractivity contribution in [2.45, 2.75) is 38.5 Å². The number of halogens is 3. The van der Waals surface area contributed by atoms with Gasteiger partial charge < -0.3 is 0 Å². The number of rotatable bonds is 5. The molecule has 0 aromatic rings. The van der Waals surface area contributed by atoms with Crippen molar-refractivity contribution in [3.05, 3.63) is 0 Å². The number of carbonyl (C=O) groups is 1. The van der Waals surface area contributed by atoms with Crippen molar-refractivity contribution >= 4 is 18.4 Å². The van der Waals surface area contributed by atoms with Gasteiger partial charge in [-0.15, -0.1) is 0 Å². The number of alkyl halides is 3. The predicted molar refractivity (Wildman–Crippen MR) is 56.2 cm³/mol. The summed E-state index contributed by atoms with van der Waals surface area (Å²) in [7, 11) is 1.31. The van der Waals surface area contributed by atoms with Gasteiger partial charge in [-0.2, -0.15) is 25.8 Å². The monoisotopic (exact) mass is 243 g/mol. The highest BCUT2D eigenvalue weighted by atomic mass is 32.1. The highest BCUT2D eigenvalue weighted by molar-refractivity contribution is 7.80. The molecule has 0 amide bonds. The second kappa shape index (κ2) is 5.75. The van der Waals surface area contributed by atoms with Gasteiger partial charge in [-0.3, -0.25) is 9.69 Å². The molecule has 6 heteroatoms. The number of ketones is 1. The van der Waals surface area contributed by atoms with Gasteiger partial charge >= 0.3 is 6.18 Å². The molecule has 0 aliphatic rings. The van der Waals surface area contributed by atoms with Crippen LogP contribution in [0.25, 0.3) is 0 Å². The predicted octanol–water partition coefficient (Wildman–Crippen LogP) is 2.15. The summed E-state index contributed by atoms with van der Waals surface area (Å²) in [5, 5.41) is 0. The maximum Gasteiger partial charge on any atom is 0.404 e. The van der Waals surface area contributed by atoms with Crippen LogP contribution < -0.4 is 0 Å². The van der Waals surface area contributed by atoms with E-state index >= 15 is 0 Å². The topological polar surface area (TPSA) is 20.3 Å². The quantitative estimate of drug-likeness (QED) is 0.747. The normalized spacial score (nSPS) is 16.5. The van der Waals surface area contributed by atoms with E-state index < -0.39 is 18.3 Å². The van der Waals surface area contributed by atoms with E-state index in [4.69, 9.17) is 0 Å². The van der Waals surface area contributed by atoms with Crippen LogP contribution in [0, 0.1) is 0 Å². The molecule has 0 spiro atoms. The summed E-state index contributed by atoms with van der Waals surface area (Å²) in [5.74, 6) is -0.134. The van der Waals surface area contributed by atoms with E-state index in [0.717, 1.165) is 4.90 Å². The molecule has 0 aliphatic heterocycles. The van der Waals surface area contributed by atoms with Gasteiger partial charge in [-0.1, -0.05) is 0 Å². The first-order valence-electron chi connectivity index (χ1n) is 4.61. The van der Waals surface area contributed by atoms with Gasteiger partial charge in [0, 0.05) is 0 Å². The molecule has 0 radical (unpaired) electrons.